The molecule has 0 saturated heterocycles. The van der Waals surface area contributed by atoms with Crippen LogP contribution in [0.3, 0.4) is 0 Å². The van der Waals surface area contributed by atoms with Gasteiger partial charge in [0, 0.05) is 6.42 Å². The van der Waals surface area contributed by atoms with E-state index in [-0.39, 0.29) is 0 Å². The Morgan fingerprint density at radius 1 is 1.45 bits per heavy atom. The van der Waals surface area contributed by atoms with Crippen molar-refractivity contribution in [2.24, 2.45) is 11.7 Å². The first-order chi connectivity index (χ1) is 5.13. The number of hydrogen-bond acceptors (Lipinski definition) is 2. The summed E-state index contributed by atoms with van der Waals surface area (Å²) in [6, 6.07) is 0. The molecule has 0 aromatic heterocycles. The van der Waals surface area contributed by atoms with Gasteiger partial charge >= 0.3 is 5.97 Å². The Morgan fingerprint density at radius 3 is 2.18 bits per heavy atom. The number of nitrogens with two attached hydrogens (primary N) is 1. The lowest BCUT2D eigenvalue weighted by Gasteiger charge is -1.99. The Labute approximate surface area is 68.6 Å². The third kappa shape index (κ3) is 17.7. The highest BCUT2D eigenvalue weighted by molar-refractivity contribution is 5.66. The summed E-state index contributed by atoms with van der Waals surface area (Å²) >= 11 is 0. The van der Waals surface area contributed by atoms with Gasteiger partial charge in [0.1, 0.15) is 0 Å². The van der Waals surface area contributed by atoms with Crippen LogP contribution in [0.5, 0.6) is 0 Å². The van der Waals surface area contributed by atoms with Gasteiger partial charge in [-0.2, -0.15) is 0 Å². The highest BCUT2D eigenvalue weighted by Gasteiger charge is 1.97. The lowest BCUT2D eigenvalue weighted by atomic mass is 10.1. The number of hydrogen-bond donors (Lipinski definition) is 2. The predicted octanol–water partition coefficient (Wildman–Crippen LogP) is 1.47. The number of rotatable bonds is 4. The molecular formula is C8H19NO2. The van der Waals surface area contributed by atoms with E-state index >= 15 is 0 Å². The maximum absolute atomic E-state index is 9.98. The van der Waals surface area contributed by atoms with Crippen molar-refractivity contribution in [1.29, 1.82) is 0 Å². The third-order valence-electron chi connectivity index (χ3n) is 1.17. The summed E-state index contributed by atoms with van der Waals surface area (Å²) in [5.41, 5.74) is 4.50. The minimum atomic E-state index is -0.685. The normalized spacial score (nSPS) is 8.82. The van der Waals surface area contributed by atoms with Gasteiger partial charge in [0.05, 0.1) is 0 Å². The van der Waals surface area contributed by atoms with Crippen LogP contribution in [0.2, 0.25) is 0 Å². The molecule has 0 amide bonds. The Hall–Kier alpha value is -0.570. The molecule has 11 heavy (non-hydrogen) atoms. The largest absolute Gasteiger partial charge is 0.481 e. The highest BCUT2D eigenvalue weighted by atomic mass is 16.4. The van der Waals surface area contributed by atoms with E-state index in [4.69, 9.17) is 5.11 Å². The zero-order valence-electron chi connectivity index (χ0n) is 7.63. The minimum Gasteiger partial charge on any atom is -0.481 e. The number of aliphatic carboxylic acids is 1. The van der Waals surface area contributed by atoms with E-state index in [1.807, 2.05) is 0 Å². The fourth-order valence-electron chi connectivity index (χ4n) is 0.662. The molecule has 68 valence electrons. The zero-order valence-corrected chi connectivity index (χ0v) is 7.63. The molecule has 0 heterocycles. The van der Waals surface area contributed by atoms with Gasteiger partial charge in [-0.3, -0.25) is 4.79 Å². The molecule has 0 fully saturated rings. The van der Waals surface area contributed by atoms with Crippen LogP contribution >= 0.6 is 0 Å². The molecule has 3 N–H and O–H groups in total. The SMILES string of the molecule is CC(C)CCCC(=O)O.CN. The van der Waals surface area contributed by atoms with Crippen molar-refractivity contribution < 1.29 is 9.90 Å². The van der Waals surface area contributed by atoms with Gasteiger partial charge in [-0.25, -0.2) is 0 Å². The molecule has 0 aliphatic rings. The van der Waals surface area contributed by atoms with Gasteiger partial charge in [-0.15, -0.1) is 0 Å². The molecular weight excluding hydrogens is 142 g/mol. The molecule has 0 aromatic rings. The summed E-state index contributed by atoms with van der Waals surface area (Å²) in [5, 5.41) is 8.23. The monoisotopic (exact) mass is 161 g/mol. The third-order valence-corrected chi connectivity index (χ3v) is 1.17. The van der Waals surface area contributed by atoms with Gasteiger partial charge < -0.3 is 10.8 Å². The van der Waals surface area contributed by atoms with E-state index in [0.29, 0.717) is 12.3 Å². The first kappa shape index (κ1) is 13.1. The second-order valence-electron chi connectivity index (χ2n) is 2.68. The Morgan fingerprint density at radius 2 is 1.91 bits per heavy atom. The summed E-state index contributed by atoms with van der Waals surface area (Å²) in [6.07, 6.45) is 2.15. The molecule has 0 aromatic carbocycles. The molecule has 0 aliphatic heterocycles. The van der Waals surface area contributed by atoms with Crippen molar-refractivity contribution in [2.45, 2.75) is 33.1 Å². The standard InChI is InChI=1S/C7H14O2.CH5N/c1-6(2)4-3-5-7(8)9;1-2/h6H,3-5H2,1-2H3,(H,8,9);2H2,1H3. The van der Waals surface area contributed by atoms with Crippen molar-refractivity contribution >= 4 is 5.97 Å². The van der Waals surface area contributed by atoms with E-state index in [1.54, 1.807) is 0 Å². The molecule has 0 rings (SSSR count). The first-order valence-corrected chi connectivity index (χ1v) is 3.92. The number of carboxylic acid groups (broad SMARTS) is 1. The maximum atomic E-state index is 9.98. The molecule has 0 bridgehead atoms. The van der Waals surface area contributed by atoms with Crippen LogP contribution in [0, 0.1) is 5.92 Å². The molecule has 3 heteroatoms. The maximum Gasteiger partial charge on any atom is 0.303 e. The molecule has 0 saturated carbocycles. The zero-order chi connectivity index (χ0) is 9.28. The molecule has 0 unspecified atom stereocenters. The fourth-order valence-corrected chi connectivity index (χ4v) is 0.662. The van der Waals surface area contributed by atoms with Gasteiger partial charge in [-0.1, -0.05) is 20.3 Å². The van der Waals surface area contributed by atoms with Crippen LogP contribution in [0.25, 0.3) is 0 Å². The Balaban J connectivity index is 0. The Bertz CT molecular complexity index is 92.1. The Kier molecular flexibility index (Phi) is 11.2. The summed E-state index contributed by atoms with van der Waals surface area (Å²) in [6.45, 7) is 4.20. The first-order valence-electron chi connectivity index (χ1n) is 3.92. The highest BCUT2D eigenvalue weighted by Crippen LogP contribution is 2.05. The van der Waals surface area contributed by atoms with Crippen LogP contribution in [0.15, 0.2) is 0 Å². The number of carboxylic acids is 1. The smallest absolute Gasteiger partial charge is 0.303 e. The summed E-state index contributed by atoms with van der Waals surface area (Å²) in [7, 11) is 1.50. The fraction of sp³-hybridized carbons (Fsp3) is 0.875. The van der Waals surface area contributed by atoms with Crippen LogP contribution in [0.1, 0.15) is 33.1 Å². The van der Waals surface area contributed by atoms with E-state index in [2.05, 4.69) is 19.6 Å². The van der Waals surface area contributed by atoms with E-state index in [9.17, 15) is 4.79 Å². The quantitative estimate of drug-likeness (QED) is 0.656. The molecule has 0 spiro atoms. The molecule has 3 nitrogen and oxygen atoms in total. The average molecular weight is 161 g/mol. The second kappa shape index (κ2) is 9.43. The van der Waals surface area contributed by atoms with Crippen molar-refractivity contribution in [3.8, 4) is 0 Å². The second-order valence-corrected chi connectivity index (χ2v) is 2.68. The summed E-state index contributed by atoms with van der Waals surface area (Å²) in [4.78, 5) is 9.98. The lowest BCUT2D eigenvalue weighted by Crippen LogP contribution is -1.95. The molecule has 0 radical (unpaired) electrons. The van der Waals surface area contributed by atoms with Crippen LogP contribution in [0.4, 0.5) is 0 Å². The van der Waals surface area contributed by atoms with E-state index in [1.165, 1.54) is 7.05 Å². The molecule has 0 aliphatic carbocycles. The van der Waals surface area contributed by atoms with Crippen molar-refractivity contribution in [2.75, 3.05) is 7.05 Å². The summed E-state index contributed by atoms with van der Waals surface area (Å²) in [5.74, 6) is -0.0556. The predicted molar refractivity (Wildman–Crippen MR) is 46.4 cm³/mol. The van der Waals surface area contributed by atoms with Crippen LogP contribution < -0.4 is 5.73 Å². The van der Waals surface area contributed by atoms with E-state index in [0.717, 1.165) is 12.8 Å². The van der Waals surface area contributed by atoms with Gasteiger partial charge in [-0.05, 0) is 19.4 Å². The van der Waals surface area contributed by atoms with Crippen molar-refractivity contribution in [3.63, 3.8) is 0 Å². The van der Waals surface area contributed by atoms with Gasteiger partial charge in [0.15, 0.2) is 0 Å². The van der Waals surface area contributed by atoms with Crippen LogP contribution in [-0.4, -0.2) is 18.1 Å². The molecule has 0 atom stereocenters. The topological polar surface area (TPSA) is 63.3 Å². The van der Waals surface area contributed by atoms with Crippen molar-refractivity contribution in [1.82, 2.24) is 0 Å². The van der Waals surface area contributed by atoms with Gasteiger partial charge in [0.2, 0.25) is 0 Å². The van der Waals surface area contributed by atoms with Crippen LogP contribution in [-0.2, 0) is 4.79 Å². The van der Waals surface area contributed by atoms with Gasteiger partial charge in [0.25, 0.3) is 0 Å². The minimum absolute atomic E-state index is 0.318. The average Bonchev–Trinajstić information content (AvgIpc) is 1.90. The summed E-state index contributed by atoms with van der Waals surface area (Å²) < 4.78 is 0. The number of carbonyl (C=O) groups is 1. The van der Waals surface area contributed by atoms with Crippen molar-refractivity contribution in [3.05, 3.63) is 0 Å². The lowest BCUT2D eigenvalue weighted by molar-refractivity contribution is -0.137. The van der Waals surface area contributed by atoms with E-state index < -0.39 is 5.97 Å².